The lowest BCUT2D eigenvalue weighted by molar-refractivity contribution is 0.195. The summed E-state index contributed by atoms with van der Waals surface area (Å²) in [5.74, 6) is 0.150. The zero-order chi connectivity index (χ0) is 7.56. The van der Waals surface area contributed by atoms with Crippen LogP contribution in [0.4, 0.5) is 0 Å². The van der Waals surface area contributed by atoms with E-state index >= 15 is 0 Å². The van der Waals surface area contributed by atoms with Gasteiger partial charge in [0.1, 0.15) is 5.75 Å². The minimum atomic E-state index is -0.596. The number of aliphatic hydroxyl groups is 1. The van der Waals surface area contributed by atoms with Crippen LogP contribution in [0.25, 0.3) is 0 Å². The van der Waals surface area contributed by atoms with Gasteiger partial charge in [-0.15, -0.1) is 0 Å². The second-order valence-corrected chi connectivity index (χ2v) is 2.23. The molecule has 0 spiro atoms. The first-order valence-electron chi connectivity index (χ1n) is 3.18. The molecule has 1 aromatic rings. The molecule has 1 unspecified atom stereocenters. The molecule has 0 aromatic heterocycles. The van der Waals surface area contributed by atoms with E-state index in [0.717, 1.165) is 0 Å². The van der Waals surface area contributed by atoms with E-state index in [2.05, 4.69) is 0 Å². The molecule has 2 nitrogen and oxygen atoms in total. The van der Waals surface area contributed by atoms with Gasteiger partial charge in [0.15, 0.2) is 0 Å². The van der Waals surface area contributed by atoms with Gasteiger partial charge in [0.2, 0.25) is 0 Å². The molecule has 0 amide bonds. The highest BCUT2D eigenvalue weighted by molar-refractivity contribution is 5.32. The van der Waals surface area contributed by atoms with Gasteiger partial charge >= 0.3 is 0 Å². The molecule has 54 valence electrons. The molecule has 0 aliphatic rings. The van der Waals surface area contributed by atoms with Crippen LogP contribution in [-0.2, 0) is 0 Å². The van der Waals surface area contributed by atoms with Crippen molar-refractivity contribution in [3.05, 3.63) is 29.8 Å². The van der Waals surface area contributed by atoms with Gasteiger partial charge in [-0.1, -0.05) is 18.2 Å². The van der Waals surface area contributed by atoms with Gasteiger partial charge in [-0.05, 0) is 13.0 Å². The zero-order valence-corrected chi connectivity index (χ0v) is 5.78. The predicted octanol–water partition coefficient (Wildman–Crippen LogP) is 1.45. The Kier molecular flexibility index (Phi) is 1.92. The number of hydrogen-bond acceptors (Lipinski definition) is 2. The van der Waals surface area contributed by atoms with Gasteiger partial charge in [0, 0.05) is 5.56 Å². The van der Waals surface area contributed by atoms with Crippen molar-refractivity contribution in [1.29, 1.82) is 0 Å². The fourth-order valence-electron chi connectivity index (χ4n) is 0.841. The summed E-state index contributed by atoms with van der Waals surface area (Å²) in [4.78, 5) is 0. The summed E-state index contributed by atoms with van der Waals surface area (Å²) in [5, 5.41) is 18.2. The highest BCUT2D eigenvalue weighted by Crippen LogP contribution is 2.22. The maximum atomic E-state index is 9.12. The SMILES string of the molecule is CC(O)c1ccccc1O. The van der Waals surface area contributed by atoms with Crippen LogP contribution >= 0.6 is 0 Å². The number of benzene rings is 1. The number of aliphatic hydroxyl groups excluding tert-OH is 1. The lowest BCUT2D eigenvalue weighted by atomic mass is 10.1. The van der Waals surface area contributed by atoms with Crippen LogP contribution < -0.4 is 0 Å². The van der Waals surface area contributed by atoms with Crippen molar-refractivity contribution >= 4 is 0 Å². The quantitative estimate of drug-likeness (QED) is 0.616. The van der Waals surface area contributed by atoms with Crippen LogP contribution in [0.2, 0.25) is 0 Å². The molecule has 2 N–H and O–H groups in total. The first-order valence-corrected chi connectivity index (χ1v) is 3.18. The monoisotopic (exact) mass is 138 g/mol. The van der Waals surface area contributed by atoms with Crippen LogP contribution in [-0.4, -0.2) is 10.2 Å². The normalized spacial score (nSPS) is 13.0. The smallest absolute Gasteiger partial charge is 0.121 e. The van der Waals surface area contributed by atoms with E-state index < -0.39 is 6.10 Å². The van der Waals surface area contributed by atoms with E-state index in [1.807, 2.05) is 0 Å². The third kappa shape index (κ3) is 1.28. The number of phenols is 1. The predicted molar refractivity (Wildman–Crippen MR) is 38.7 cm³/mol. The fourth-order valence-corrected chi connectivity index (χ4v) is 0.841. The Bertz CT molecular complexity index is 218. The van der Waals surface area contributed by atoms with Crippen LogP contribution in [0.15, 0.2) is 24.3 Å². The third-order valence-electron chi connectivity index (χ3n) is 1.39. The lowest BCUT2D eigenvalue weighted by Gasteiger charge is -2.05. The van der Waals surface area contributed by atoms with Gasteiger partial charge < -0.3 is 10.2 Å². The van der Waals surface area contributed by atoms with Gasteiger partial charge in [-0.2, -0.15) is 0 Å². The van der Waals surface area contributed by atoms with Gasteiger partial charge in [0.25, 0.3) is 0 Å². The van der Waals surface area contributed by atoms with Crippen LogP contribution in [0.5, 0.6) is 5.75 Å². The Morgan fingerprint density at radius 2 is 1.90 bits per heavy atom. The number of phenolic OH excluding ortho intramolecular Hbond substituents is 1. The number of rotatable bonds is 1. The Morgan fingerprint density at radius 3 is 2.30 bits per heavy atom. The highest BCUT2D eigenvalue weighted by Gasteiger charge is 2.03. The maximum absolute atomic E-state index is 9.12. The van der Waals surface area contributed by atoms with Crippen molar-refractivity contribution in [1.82, 2.24) is 0 Å². The molecule has 0 bridgehead atoms. The molecule has 0 radical (unpaired) electrons. The summed E-state index contributed by atoms with van der Waals surface area (Å²) in [6.45, 7) is 1.62. The van der Waals surface area contributed by atoms with Crippen molar-refractivity contribution in [3.8, 4) is 5.75 Å². The molecular formula is C8H10O2. The summed E-state index contributed by atoms with van der Waals surface area (Å²) in [6, 6.07) is 6.76. The lowest BCUT2D eigenvalue weighted by Crippen LogP contribution is -1.89. The number of hydrogen-bond donors (Lipinski definition) is 2. The second kappa shape index (κ2) is 2.71. The van der Waals surface area contributed by atoms with Crippen molar-refractivity contribution in [2.45, 2.75) is 13.0 Å². The summed E-state index contributed by atoms with van der Waals surface area (Å²) >= 11 is 0. The first-order chi connectivity index (χ1) is 4.72. The molecule has 0 fully saturated rings. The van der Waals surface area contributed by atoms with E-state index in [4.69, 9.17) is 10.2 Å². The molecule has 0 aliphatic heterocycles. The van der Waals surface area contributed by atoms with Crippen LogP contribution in [0, 0.1) is 0 Å². The summed E-state index contributed by atoms with van der Waals surface area (Å²) in [5.41, 5.74) is 0.572. The largest absolute Gasteiger partial charge is 0.508 e. The van der Waals surface area contributed by atoms with Crippen molar-refractivity contribution < 1.29 is 10.2 Å². The molecule has 0 saturated carbocycles. The van der Waals surface area contributed by atoms with E-state index in [9.17, 15) is 0 Å². The first kappa shape index (κ1) is 7.09. The van der Waals surface area contributed by atoms with Gasteiger partial charge in [0.05, 0.1) is 6.10 Å². The van der Waals surface area contributed by atoms with Gasteiger partial charge in [-0.3, -0.25) is 0 Å². The summed E-state index contributed by atoms with van der Waals surface area (Å²) in [6.07, 6.45) is -0.596. The minimum absolute atomic E-state index is 0.150. The Balaban J connectivity index is 3.03. The van der Waals surface area contributed by atoms with E-state index in [1.165, 1.54) is 0 Å². The Hall–Kier alpha value is -1.02. The molecule has 0 heterocycles. The summed E-state index contributed by atoms with van der Waals surface area (Å²) < 4.78 is 0. The van der Waals surface area contributed by atoms with Crippen molar-refractivity contribution in [2.75, 3.05) is 0 Å². The molecule has 10 heavy (non-hydrogen) atoms. The van der Waals surface area contributed by atoms with Crippen LogP contribution in [0.3, 0.4) is 0 Å². The molecular weight excluding hydrogens is 128 g/mol. The molecule has 1 rings (SSSR count). The number of aromatic hydroxyl groups is 1. The van der Waals surface area contributed by atoms with Crippen LogP contribution in [0.1, 0.15) is 18.6 Å². The summed E-state index contributed by atoms with van der Waals surface area (Å²) in [7, 11) is 0. The second-order valence-electron chi connectivity index (χ2n) is 2.23. The Morgan fingerprint density at radius 1 is 1.30 bits per heavy atom. The van der Waals surface area contributed by atoms with Crippen molar-refractivity contribution in [3.63, 3.8) is 0 Å². The minimum Gasteiger partial charge on any atom is -0.508 e. The van der Waals surface area contributed by atoms with E-state index in [1.54, 1.807) is 31.2 Å². The third-order valence-corrected chi connectivity index (χ3v) is 1.39. The van der Waals surface area contributed by atoms with Gasteiger partial charge in [-0.25, -0.2) is 0 Å². The number of para-hydroxylation sites is 1. The van der Waals surface area contributed by atoms with E-state index in [-0.39, 0.29) is 5.75 Å². The maximum Gasteiger partial charge on any atom is 0.121 e. The Labute approximate surface area is 59.7 Å². The molecule has 0 saturated heterocycles. The zero-order valence-electron chi connectivity index (χ0n) is 5.78. The molecule has 0 aliphatic carbocycles. The fraction of sp³-hybridized carbons (Fsp3) is 0.250. The molecule has 2 heteroatoms. The molecule has 1 atom stereocenters. The standard InChI is InChI=1S/C8H10O2/c1-6(9)7-4-2-3-5-8(7)10/h2-6,9-10H,1H3. The van der Waals surface area contributed by atoms with E-state index in [0.29, 0.717) is 5.56 Å². The topological polar surface area (TPSA) is 40.5 Å². The average Bonchev–Trinajstić information content (AvgIpc) is 1.88. The van der Waals surface area contributed by atoms with Crippen molar-refractivity contribution in [2.24, 2.45) is 0 Å². The highest BCUT2D eigenvalue weighted by atomic mass is 16.3. The average molecular weight is 138 g/mol. The molecule has 1 aromatic carbocycles.